The molecule has 0 bridgehead atoms. The van der Waals surface area contributed by atoms with Crippen LogP contribution in [0.25, 0.3) is 0 Å². The van der Waals surface area contributed by atoms with Gasteiger partial charge in [0.15, 0.2) is 11.0 Å². The molecule has 0 aromatic carbocycles. The lowest BCUT2D eigenvalue weighted by Crippen LogP contribution is -2.26. The molecule has 0 spiro atoms. The molecule has 7 heteroatoms. The number of halogens is 2. The van der Waals surface area contributed by atoms with Gasteiger partial charge in [-0.3, -0.25) is 0 Å². The highest BCUT2D eigenvalue weighted by Crippen LogP contribution is 2.35. The van der Waals surface area contributed by atoms with Crippen molar-refractivity contribution in [2.45, 2.75) is 25.4 Å². The van der Waals surface area contributed by atoms with Gasteiger partial charge in [-0.1, -0.05) is 11.6 Å². The fourth-order valence-electron chi connectivity index (χ4n) is 1.81. The maximum atomic E-state index is 6.07. The van der Waals surface area contributed by atoms with E-state index in [0.717, 1.165) is 19.4 Å². The van der Waals surface area contributed by atoms with Crippen LogP contribution in [0.3, 0.4) is 0 Å². The zero-order valence-electron chi connectivity index (χ0n) is 9.38. The number of aromatic nitrogens is 3. The second-order valence-corrected chi connectivity index (χ2v) is 5.66. The van der Waals surface area contributed by atoms with Crippen LogP contribution in [0.1, 0.15) is 18.4 Å². The number of nitrogens with zero attached hydrogens (tertiary/aromatic N) is 4. The first kappa shape index (κ1) is 12.1. The number of rotatable bonds is 4. The first-order valence-electron chi connectivity index (χ1n) is 5.57. The van der Waals surface area contributed by atoms with Crippen LogP contribution in [0.4, 0.5) is 5.82 Å². The Kier molecular flexibility index (Phi) is 3.37. The van der Waals surface area contributed by atoms with Crippen LogP contribution in [0.2, 0.25) is 10.4 Å². The van der Waals surface area contributed by atoms with Crippen LogP contribution in [0.5, 0.6) is 0 Å². The minimum atomic E-state index is 0.130. The van der Waals surface area contributed by atoms with Gasteiger partial charge in [-0.05, 0) is 46.8 Å². The van der Waals surface area contributed by atoms with Gasteiger partial charge in [0.2, 0.25) is 5.28 Å². The lowest BCUT2D eigenvalue weighted by atomic mass is 10.3. The van der Waals surface area contributed by atoms with Crippen molar-refractivity contribution < 1.29 is 0 Å². The highest BCUT2D eigenvalue weighted by Gasteiger charge is 2.32. The van der Waals surface area contributed by atoms with Crippen molar-refractivity contribution in [1.29, 1.82) is 0 Å². The lowest BCUT2D eigenvalue weighted by Gasteiger charge is -2.23. The van der Waals surface area contributed by atoms with Gasteiger partial charge in [-0.2, -0.15) is 16.3 Å². The van der Waals surface area contributed by atoms with Crippen LogP contribution in [-0.2, 0) is 6.54 Å². The minimum absolute atomic E-state index is 0.130. The van der Waals surface area contributed by atoms with E-state index < -0.39 is 0 Å². The molecule has 1 aliphatic carbocycles. The smallest absolute Gasteiger partial charge is 0.245 e. The molecule has 4 nitrogen and oxygen atoms in total. The average Bonchev–Trinajstić information content (AvgIpc) is 3.07. The number of anilines is 1. The van der Waals surface area contributed by atoms with Gasteiger partial charge >= 0.3 is 0 Å². The predicted molar refractivity (Wildman–Crippen MR) is 73.4 cm³/mol. The summed E-state index contributed by atoms with van der Waals surface area (Å²) in [5.41, 5.74) is 1.25. The van der Waals surface area contributed by atoms with Crippen LogP contribution in [0, 0.1) is 0 Å². The topological polar surface area (TPSA) is 41.9 Å². The summed E-state index contributed by atoms with van der Waals surface area (Å²) in [6.07, 6.45) is 2.31. The zero-order chi connectivity index (χ0) is 12.5. The third-order valence-corrected chi connectivity index (χ3v) is 3.93. The van der Waals surface area contributed by atoms with Crippen molar-refractivity contribution in [1.82, 2.24) is 15.2 Å². The molecular weight excluding hydrogens is 291 g/mol. The highest BCUT2D eigenvalue weighted by atomic mass is 35.5. The molecule has 2 aromatic heterocycles. The van der Waals surface area contributed by atoms with Gasteiger partial charge in [-0.15, -0.1) is 10.2 Å². The molecule has 0 unspecified atom stereocenters. The van der Waals surface area contributed by atoms with Crippen molar-refractivity contribution >= 4 is 40.4 Å². The van der Waals surface area contributed by atoms with Gasteiger partial charge in [0.05, 0.1) is 0 Å². The van der Waals surface area contributed by atoms with Crippen LogP contribution < -0.4 is 4.90 Å². The maximum absolute atomic E-state index is 6.07. The summed E-state index contributed by atoms with van der Waals surface area (Å²) in [6.45, 7) is 0.781. The minimum Gasteiger partial charge on any atom is -0.347 e. The second-order valence-electron chi connectivity index (χ2n) is 4.19. The summed E-state index contributed by atoms with van der Waals surface area (Å²) in [5, 5.41) is 12.1. The molecule has 1 saturated carbocycles. The van der Waals surface area contributed by atoms with E-state index in [-0.39, 0.29) is 5.28 Å². The predicted octanol–water partition coefficient (Wildman–Crippen LogP) is 3.41. The van der Waals surface area contributed by atoms with Crippen molar-refractivity contribution in [2.75, 3.05) is 4.90 Å². The molecule has 0 saturated heterocycles. The van der Waals surface area contributed by atoms with E-state index in [4.69, 9.17) is 23.2 Å². The Labute approximate surface area is 119 Å². The maximum Gasteiger partial charge on any atom is 0.245 e. The van der Waals surface area contributed by atoms with E-state index in [9.17, 15) is 0 Å². The zero-order valence-corrected chi connectivity index (χ0v) is 11.7. The van der Waals surface area contributed by atoms with E-state index in [1.807, 2.05) is 0 Å². The Bertz CT molecular complexity index is 542. The molecule has 94 valence electrons. The SMILES string of the molecule is Clc1nnc(Cl)c(N(Cc2ccsc2)C2CC2)n1. The van der Waals surface area contributed by atoms with E-state index in [1.165, 1.54) is 5.56 Å². The van der Waals surface area contributed by atoms with Gasteiger partial charge in [-0.25, -0.2) is 0 Å². The fraction of sp³-hybridized carbons (Fsp3) is 0.364. The Morgan fingerprint density at radius 2 is 2.17 bits per heavy atom. The summed E-state index contributed by atoms with van der Waals surface area (Å²) in [4.78, 5) is 6.36. The molecule has 0 radical (unpaired) electrons. The molecule has 2 heterocycles. The van der Waals surface area contributed by atoms with Crippen LogP contribution in [-0.4, -0.2) is 21.2 Å². The quantitative estimate of drug-likeness (QED) is 0.868. The summed E-state index contributed by atoms with van der Waals surface area (Å²) >= 11 is 13.6. The first-order chi connectivity index (χ1) is 8.74. The van der Waals surface area contributed by atoms with Crippen molar-refractivity contribution in [3.63, 3.8) is 0 Å². The van der Waals surface area contributed by atoms with E-state index in [0.29, 0.717) is 17.0 Å². The Hall–Kier alpha value is -0.910. The molecule has 3 rings (SSSR count). The van der Waals surface area contributed by atoms with Crippen molar-refractivity contribution in [3.8, 4) is 0 Å². The number of hydrogen-bond donors (Lipinski definition) is 0. The normalized spacial score (nSPS) is 14.8. The van der Waals surface area contributed by atoms with Crippen molar-refractivity contribution in [2.24, 2.45) is 0 Å². The van der Waals surface area contributed by atoms with Crippen LogP contribution in [0.15, 0.2) is 16.8 Å². The van der Waals surface area contributed by atoms with Gasteiger partial charge in [0, 0.05) is 12.6 Å². The number of thiophene rings is 1. The third kappa shape index (κ3) is 2.58. The summed E-state index contributed by atoms with van der Waals surface area (Å²) in [6, 6.07) is 2.58. The Morgan fingerprint density at radius 1 is 1.33 bits per heavy atom. The molecular formula is C11H10Cl2N4S. The molecule has 0 N–H and O–H groups in total. The van der Waals surface area contributed by atoms with Crippen molar-refractivity contribution in [3.05, 3.63) is 32.8 Å². The molecule has 1 fully saturated rings. The Morgan fingerprint density at radius 3 is 2.83 bits per heavy atom. The van der Waals surface area contributed by atoms with Crippen LogP contribution >= 0.6 is 34.5 Å². The third-order valence-electron chi connectivity index (χ3n) is 2.80. The van der Waals surface area contributed by atoms with E-state index in [1.54, 1.807) is 11.3 Å². The second kappa shape index (κ2) is 4.99. The summed E-state index contributed by atoms with van der Waals surface area (Å²) in [7, 11) is 0. The molecule has 2 aromatic rings. The Balaban J connectivity index is 1.91. The van der Waals surface area contributed by atoms with Gasteiger partial charge < -0.3 is 4.90 Å². The lowest BCUT2D eigenvalue weighted by molar-refractivity contribution is 0.767. The monoisotopic (exact) mass is 300 g/mol. The molecule has 18 heavy (non-hydrogen) atoms. The molecule has 1 aliphatic rings. The largest absolute Gasteiger partial charge is 0.347 e. The molecule has 0 aliphatic heterocycles. The summed E-state index contributed by atoms with van der Waals surface area (Å²) in [5.74, 6) is 0.630. The van der Waals surface area contributed by atoms with Gasteiger partial charge in [0.25, 0.3) is 0 Å². The van der Waals surface area contributed by atoms with Gasteiger partial charge in [0.1, 0.15) is 0 Å². The number of hydrogen-bond acceptors (Lipinski definition) is 5. The summed E-state index contributed by atoms with van der Waals surface area (Å²) < 4.78 is 0. The molecule has 0 atom stereocenters. The van der Waals surface area contributed by atoms with E-state index in [2.05, 4.69) is 36.9 Å². The molecule has 0 amide bonds. The average molecular weight is 301 g/mol. The fourth-order valence-corrected chi connectivity index (χ4v) is 2.78. The highest BCUT2D eigenvalue weighted by molar-refractivity contribution is 7.07. The standard InChI is InChI=1S/C11H10Cl2N4S/c12-9-10(14-11(13)16-15-9)17(8-1-2-8)5-7-3-4-18-6-7/h3-4,6,8H,1-2,5H2. The van der Waals surface area contributed by atoms with E-state index >= 15 is 0 Å². The first-order valence-corrected chi connectivity index (χ1v) is 7.27.